The summed E-state index contributed by atoms with van der Waals surface area (Å²) in [5.41, 5.74) is 12.4. The molecule has 4 aromatic carbocycles. The number of H-pyrrole nitrogens is 1. The van der Waals surface area contributed by atoms with Crippen molar-refractivity contribution in [1.29, 1.82) is 0 Å². The highest BCUT2D eigenvalue weighted by molar-refractivity contribution is 7.86. The van der Waals surface area contributed by atoms with Gasteiger partial charge in [-0.05, 0) is 147 Å². The lowest BCUT2D eigenvalue weighted by molar-refractivity contribution is -0.438. The number of nitrogens with two attached hydrogens (primary N) is 1. The van der Waals surface area contributed by atoms with Crippen molar-refractivity contribution in [2.75, 3.05) is 40.5 Å². The van der Waals surface area contributed by atoms with Crippen molar-refractivity contribution in [2.45, 2.75) is 113 Å². The Morgan fingerprint density at radius 3 is 2.07 bits per heavy atom. The number of fused-ring (bicyclic) bond motifs is 3. The third-order valence-electron chi connectivity index (χ3n) is 15.7. The van der Waals surface area contributed by atoms with Gasteiger partial charge in [-0.25, -0.2) is 9.97 Å². The van der Waals surface area contributed by atoms with Gasteiger partial charge in [0.05, 0.1) is 45.1 Å². The van der Waals surface area contributed by atoms with Gasteiger partial charge in [0.15, 0.2) is 16.9 Å². The summed E-state index contributed by atoms with van der Waals surface area (Å²) in [6.07, 6.45) is 12.0. The van der Waals surface area contributed by atoms with Crippen LogP contribution in [0, 0.1) is 0 Å². The lowest BCUT2D eigenvalue weighted by Gasteiger charge is -2.27. The Morgan fingerprint density at radius 2 is 1.40 bits per heavy atom. The molecule has 0 radical (unpaired) electrons. The number of anilines is 3. The topological polar surface area (TPSA) is 372 Å². The van der Waals surface area contributed by atoms with Crippen LogP contribution in [0.15, 0.2) is 153 Å². The van der Waals surface area contributed by atoms with Crippen LogP contribution in [0.1, 0.15) is 111 Å². The lowest BCUT2D eigenvalue weighted by Crippen LogP contribution is -2.28. The fourth-order valence-corrected chi connectivity index (χ4v) is 13.3. The predicted octanol–water partition coefficient (Wildman–Crippen LogP) is 7.86. The summed E-state index contributed by atoms with van der Waals surface area (Å²) >= 11 is 0. The van der Waals surface area contributed by atoms with Crippen LogP contribution >= 0.6 is 0 Å². The number of nitrogens with zero attached hydrogens (tertiary/aromatic N) is 5. The normalized spacial score (nSPS) is 16.9. The van der Waals surface area contributed by atoms with Gasteiger partial charge >= 0.3 is 0 Å². The van der Waals surface area contributed by atoms with Crippen molar-refractivity contribution in [1.82, 2.24) is 25.3 Å². The predicted molar refractivity (Wildman–Crippen MR) is 332 cm³/mol. The summed E-state index contributed by atoms with van der Waals surface area (Å²) in [5, 5.41) is 6.16. The highest BCUT2D eigenvalue weighted by atomic mass is 32.2. The Hall–Kier alpha value is -7.96. The number of carbonyl (C=O) groups is 1. The average molecular weight is 1280 g/mol. The summed E-state index contributed by atoms with van der Waals surface area (Å²) in [5.74, 6) is -0.707. The number of ether oxygens (including phenoxy) is 1. The molecule has 88 heavy (non-hydrogen) atoms. The summed E-state index contributed by atoms with van der Waals surface area (Å²) in [7, 11) is -17.6. The first-order valence-electron chi connectivity index (χ1n) is 28.1. The zero-order valence-electron chi connectivity index (χ0n) is 48.6. The maximum absolute atomic E-state index is 13.3. The largest absolute Gasteiger partial charge is 0.488 e. The standard InChI is InChI=1S/C60H67N9O15S4/c1-59(2)47-32-45(87(78,79)80)22-24-49(47)68(28-5-7-30-85(72,73)74)51(59)26-18-40-10-9-11-41(19-27-52-60(3,4)48-33-46(88(81,82)83)23-25-50(48)69(52)29-6-8-31-86(75,76)77)54(40)84-37-39-14-12-38(13-15-39)34-64-56(70)42-16-20-43(21-17-42)62-35-44-36-63-55-53(65-44)57(71)67-58(61)66-55/h12-27,32-33,36H,5-11,28-31,34-35,37H2,1-4H3,(H8-,61,62,63,64,66,67,70,71,72,73,74,75,76,77,78,79,80,81,82,83)/p+1. The van der Waals surface area contributed by atoms with E-state index < -0.39 is 68.4 Å². The number of benzene rings is 4. The summed E-state index contributed by atoms with van der Waals surface area (Å²) in [6, 6.07) is 23.0. The number of aromatic amines is 1. The first kappa shape index (κ1) is 64.5. The molecule has 0 spiro atoms. The summed E-state index contributed by atoms with van der Waals surface area (Å²) < 4.78 is 144. The first-order chi connectivity index (χ1) is 41.4. The number of aromatic nitrogens is 4. The van der Waals surface area contributed by atoms with E-state index in [2.05, 4.69) is 30.6 Å². The Kier molecular flexibility index (Phi) is 18.8. The second kappa shape index (κ2) is 25.6. The van der Waals surface area contributed by atoms with Crippen molar-refractivity contribution in [3.05, 3.63) is 182 Å². The minimum atomic E-state index is -4.58. The number of hydrogen-bond acceptors (Lipinski definition) is 17. The first-order valence-corrected chi connectivity index (χ1v) is 34.2. The second-order valence-corrected chi connectivity index (χ2v) is 28.7. The van der Waals surface area contributed by atoms with E-state index in [0.717, 1.165) is 33.7 Å². The molecule has 6 aromatic rings. The van der Waals surface area contributed by atoms with Gasteiger partial charge in [0.2, 0.25) is 11.6 Å². The molecule has 1 amide bonds. The van der Waals surface area contributed by atoms with Crippen molar-refractivity contribution >= 4 is 86.3 Å². The molecule has 0 saturated heterocycles. The molecule has 2 aromatic heterocycles. The molecule has 9 N–H and O–H groups in total. The molecule has 0 atom stereocenters. The summed E-state index contributed by atoms with van der Waals surface area (Å²) in [4.78, 5) is 41.9. The van der Waals surface area contributed by atoms with Gasteiger partial charge in [-0.2, -0.15) is 43.2 Å². The number of nitrogens with one attached hydrogen (secondary N) is 3. The van der Waals surface area contributed by atoms with E-state index in [9.17, 15) is 61.5 Å². The molecule has 3 aliphatic rings. The highest BCUT2D eigenvalue weighted by Crippen LogP contribution is 2.49. The fourth-order valence-electron chi connectivity index (χ4n) is 11.2. The van der Waals surface area contributed by atoms with Crippen molar-refractivity contribution < 1.29 is 66.0 Å². The SMILES string of the molecule is CC1(C)C(/C=C/C2=C(OCc3ccc(CNC(=O)c4ccc(NCc5cnc6nc(N)[nH]c(=O)c6n5)cc4)cc3)C(=C/C=C3/N(CCCCS(=O)(=O)O)c4ccc(S(=O)(=O)O)cc4C3(C)C)/CCC2)=[N+](CCCCS(=O)(=O)O)c2ccc(S(=O)(=O)O)cc21. The van der Waals surface area contributed by atoms with Gasteiger partial charge in [-0.1, -0.05) is 44.2 Å². The molecular weight excluding hydrogens is 1210 g/mol. The number of unbranched alkanes of at least 4 members (excludes halogenated alkanes) is 2. The van der Waals surface area contributed by atoms with E-state index in [0.29, 0.717) is 90.4 Å². The molecule has 1 aliphatic carbocycles. The van der Waals surface area contributed by atoms with Crippen LogP contribution in [0.2, 0.25) is 0 Å². The van der Waals surface area contributed by atoms with E-state index in [-0.39, 0.29) is 65.3 Å². The Labute approximate surface area is 510 Å². The van der Waals surface area contributed by atoms with Crippen LogP contribution in [-0.2, 0) is 75.7 Å². The molecule has 0 saturated carbocycles. The average Bonchev–Trinajstić information content (AvgIpc) is 1.86. The van der Waals surface area contributed by atoms with E-state index >= 15 is 0 Å². The molecule has 466 valence electrons. The zero-order valence-corrected chi connectivity index (χ0v) is 51.9. The number of hydrogen-bond donors (Lipinski definition) is 8. The van der Waals surface area contributed by atoms with Crippen LogP contribution < -0.4 is 26.8 Å². The summed E-state index contributed by atoms with van der Waals surface area (Å²) in [6.45, 7) is 8.80. The third-order valence-corrected chi connectivity index (χ3v) is 19.0. The molecule has 0 bridgehead atoms. The van der Waals surface area contributed by atoms with E-state index in [1.807, 2.05) is 85.7 Å². The minimum absolute atomic E-state index is 0.0596. The second-order valence-electron chi connectivity index (χ2n) is 22.7. The Balaban J connectivity index is 0.990. The van der Waals surface area contributed by atoms with Crippen LogP contribution in [0.25, 0.3) is 11.2 Å². The number of carbonyl (C=O) groups excluding carboxylic acids is 1. The van der Waals surface area contributed by atoms with Gasteiger partial charge in [-0.3, -0.25) is 32.8 Å². The number of allylic oxidation sites excluding steroid dienone is 7. The highest BCUT2D eigenvalue weighted by Gasteiger charge is 2.45. The van der Waals surface area contributed by atoms with E-state index in [1.54, 1.807) is 36.4 Å². The van der Waals surface area contributed by atoms with Gasteiger partial charge in [-0.15, -0.1) is 0 Å². The molecule has 28 heteroatoms. The van der Waals surface area contributed by atoms with Crippen LogP contribution in [0.5, 0.6) is 0 Å². The lowest BCUT2D eigenvalue weighted by atomic mass is 9.81. The number of amides is 1. The van der Waals surface area contributed by atoms with Crippen molar-refractivity contribution in [3.63, 3.8) is 0 Å². The molecule has 2 aliphatic heterocycles. The molecule has 4 heterocycles. The molecular formula is C60H68N9O15S4+. The van der Waals surface area contributed by atoms with Gasteiger partial charge in [0, 0.05) is 65.3 Å². The molecule has 24 nitrogen and oxygen atoms in total. The van der Waals surface area contributed by atoms with E-state index in [4.69, 9.17) is 10.5 Å². The van der Waals surface area contributed by atoms with Gasteiger partial charge < -0.3 is 26.0 Å². The quantitative estimate of drug-likeness (QED) is 0.0162. The molecule has 0 fully saturated rings. The van der Waals surface area contributed by atoms with Crippen LogP contribution in [-0.4, -0.2) is 113 Å². The monoisotopic (exact) mass is 1280 g/mol. The Bertz CT molecular complexity index is 4430. The third kappa shape index (κ3) is 15.3. The Morgan fingerprint density at radius 1 is 0.750 bits per heavy atom. The molecule has 9 rings (SSSR count). The van der Waals surface area contributed by atoms with Gasteiger partial charge in [0.25, 0.3) is 51.9 Å². The molecule has 0 unspecified atom stereocenters. The maximum atomic E-state index is 13.3. The fraction of sp³-hybridized carbons (Fsp3) is 0.333. The minimum Gasteiger partial charge on any atom is -0.488 e. The van der Waals surface area contributed by atoms with Crippen LogP contribution in [0.3, 0.4) is 0 Å². The number of nitrogen functional groups attached to an aromatic ring is 1. The van der Waals surface area contributed by atoms with Crippen molar-refractivity contribution in [2.24, 2.45) is 0 Å². The van der Waals surface area contributed by atoms with Crippen molar-refractivity contribution in [3.8, 4) is 0 Å². The smallest absolute Gasteiger partial charge is 0.294 e. The zero-order chi connectivity index (χ0) is 63.6. The van der Waals surface area contributed by atoms with Crippen LogP contribution in [0.4, 0.5) is 23.0 Å². The van der Waals surface area contributed by atoms with Gasteiger partial charge in [0.1, 0.15) is 18.9 Å². The number of rotatable bonds is 24. The maximum Gasteiger partial charge on any atom is 0.294 e. The van der Waals surface area contributed by atoms with E-state index in [1.165, 1.54) is 30.5 Å².